The second-order valence-electron chi connectivity index (χ2n) is 6.78. The van der Waals surface area contributed by atoms with Crippen LogP contribution in [0.1, 0.15) is 63.7 Å². The van der Waals surface area contributed by atoms with E-state index in [1.807, 2.05) is 6.92 Å². The Balaban J connectivity index is 1.75. The minimum Gasteiger partial charge on any atom is -0.481 e. The third-order valence-electron chi connectivity index (χ3n) is 5.08. The normalized spacial score (nSPS) is 17.6. The molecule has 1 saturated heterocycles. The Labute approximate surface area is 151 Å². The zero-order chi connectivity index (χ0) is 18.8. The molecule has 7 nitrogen and oxygen atoms in total. The number of imide groups is 1. The number of amides is 3. The number of nitrogens with zero attached hydrogens (tertiary/aromatic N) is 2. The van der Waals surface area contributed by atoms with Crippen LogP contribution in [-0.2, 0) is 4.79 Å². The van der Waals surface area contributed by atoms with Crippen LogP contribution in [0, 0.1) is 5.92 Å². The zero-order valence-electron chi connectivity index (χ0n) is 14.7. The van der Waals surface area contributed by atoms with E-state index < -0.39 is 11.9 Å². The van der Waals surface area contributed by atoms with Crippen molar-refractivity contribution in [3.05, 3.63) is 34.9 Å². The summed E-state index contributed by atoms with van der Waals surface area (Å²) in [6, 6.07) is 4.60. The number of carboxylic acid groups (broad SMARTS) is 1. The number of carbonyl (C=O) groups is 4. The highest BCUT2D eigenvalue weighted by Crippen LogP contribution is 2.26. The van der Waals surface area contributed by atoms with E-state index in [-0.39, 0.29) is 23.3 Å². The molecule has 0 saturated carbocycles. The van der Waals surface area contributed by atoms with Crippen LogP contribution >= 0.6 is 0 Å². The van der Waals surface area contributed by atoms with Gasteiger partial charge in [0.05, 0.1) is 17.0 Å². The highest BCUT2D eigenvalue weighted by Gasteiger charge is 2.36. The summed E-state index contributed by atoms with van der Waals surface area (Å²) in [7, 11) is 0. The molecule has 1 N–H and O–H groups in total. The molecule has 3 amide bonds. The van der Waals surface area contributed by atoms with Gasteiger partial charge in [-0.3, -0.25) is 24.1 Å². The first-order valence-electron chi connectivity index (χ1n) is 8.96. The molecule has 0 radical (unpaired) electrons. The highest BCUT2D eigenvalue weighted by atomic mass is 16.4. The number of hydrogen-bond acceptors (Lipinski definition) is 4. The number of hydrogen-bond donors (Lipinski definition) is 1. The molecular formula is C19H22N2O5. The van der Waals surface area contributed by atoms with E-state index in [9.17, 15) is 19.2 Å². The van der Waals surface area contributed by atoms with E-state index in [0.29, 0.717) is 43.6 Å². The van der Waals surface area contributed by atoms with Crippen molar-refractivity contribution in [1.82, 2.24) is 9.80 Å². The van der Waals surface area contributed by atoms with Crippen LogP contribution in [0.4, 0.5) is 0 Å². The van der Waals surface area contributed by atoms with Crippen molar-refractivity contribution in [2.75, 3.05) is 19.6 Å². The van der Waals surface area contributed by atoms with Gasteiger partial charge in [-0.05, 0) is 37.5 Å². The predicted molar refractivity (Wildman–Crippen MR) is 93.0 cm³/mol. The number of rotatable bonds is 5. The minimum absolute atomic E-state index is 0.233. The molecule has 0 bridgehead atoms. The molecule has 0 atom stereocenters. The van der Waals surface area contributed by atoms with Crippen LogP contribution in [0.25, 0.3) is 0 Å². The minimum atomic E-state index is -0.828. The largest absolute Gasteiger partial charge is 0.481 e. The lowest BCUT2D eigenvalue weighted by Crippen LogP contribution is -2.40. The number of unbranched alkanes of at least 4 members (excludes halogenated alkanes) is 1. The topological polar surface area (TPSA) is 95.0 Å². The van der Waals surface area contributed by atoms with Gasteiger partial charge in [0.15, 0.2) is 0 Å². The predicted octanol–water partition coefficient (Wildman–Crippen LogP) is 2.02. The summed E-state index contributed by atoms with van der Waals surface area (Å²) in [5.74, 6) is -2.13. The van der Waals surface area contributed by atoms with Gasteiger partial charge >= 0.3 is 5.97 Å². The monoisotopic (exact) mass is 358 g/mol. The number of benzene rings is 1. The Morgan fingerprint density at radius 3 is 2.38 bits per heavy atom. The van der Waals surface area contributed by atoms with Gasteiger partial charge in [-0.2, -0.15) is 0 Å². The smallest absolute Gasteiger partial charge is 0.306 e. The van der Waals surface area contributed by atoms with Crippen molar-refractivity contribution in [1.29, 1.82) is 0 Å². The Morgan fingerprint density at radius 1 is 1.12 bits per heavy atom. The summed E-state index contributed by atoms with van der Waals surface area (Å²) in [6.45, 7) is 3.13. The van der Waals surface area contributed by atoms with Gasteiger partial charge in [-0.25, -0.2) is 0 Å². The fourth-order valence-corrected chi connectivity index (χ4v) is 3.46. The van der Waals surface area contributed by atoms with Crippen molar-refractivity contribution in [2.24, 2.45) is 5.92 Å². The molecule has 1 aromatic rings. The fraction of sp³-hybridized carbons (Fsp3) is 0.474. The molecule has 0 unspecified atom stereocenters. The summed E-state index contributed by atoms with van der Waals surface area (Å²) in [4.78, 5) is 51.4. The molecule has 2 heterocycles. The van der Waals surface area contributed by atoms with Crippen LogP contribution in [-0.4, -0.2) is 58.2 Å². The Hall–Kier alpha value is -2.70. The van der Waals surface area contributed by atoms with Gasteiger partial charge in [0.2, 0.25) is 0 Å². The molecule has 138 valence electrons. The van der Waals surface area contributed by atoms with Crippen LogP contribution in [0.3, 0.4) is 0 Å². The Kier molecular flexibility index (Phi) is 5.06. The molecule has 7 heteroatoms. The first kappa shape index (κ1) is 18.1. The number of aliphatic carboxylic acids is 1. The van der Waals surface area contributed by atoms with Gasteiger partial charge in [-0.15, -0.1) is 0 Å². The summed E-state index contributed by atoms with van der Waals surface area (Å²) < 4.78 is 0. The molecule has 3 rings (SSSR count). The zero-order valence-corrected chi connectivity index (χ0v) is 14.7. The Bertz CT molecular complexity index is 765. The first-order chi connectivity index (χ1) is 12.4. The quantitative estimate of drug-likeness (QED) is 0.813. The highest BCUT2D eigenvalue weighted by molar-refractivity contribution is 6.22. The average Bonchev–Trinajstić information content (AvgIpc) is 2.89. The maximum Gasteiger partial charge on any atom is 0.306 e. The number of carbonyl (C=O) groups excluding carboxylic acids is 3. The lowest BCUT2D eigenvalue weighted by Gasteiger charge is -2.30. The molecular weight excluding hydrogens is 336 g/mol. The SMILES string of the molecule is CCCCN1C(=O)c2ccc(C(=O)N3CCC(C(=O)O)CC3)cc2C1=O. The van der Waals surface area contributed by atoms with E-state index in [0.717, 1.165) is 12.8 Å². The van der Waals surface area contributed by atoms with Crippen molar-refractivity contribution < 1.29 is 24.3 Å². The van der Waals surface area contributed by atoms with E-state index in [1.165, 1.54) is 11.0 Å². The Morgan fingerprint density at radius 2 is 1.77 bits per heavy atom. The fourth-order valence-electron chi connectivity index (χ4n) is 3.46. The van der Waals surface area contributed by atoms with Crippen LogP contribution in [0.15, 0.2) is 18.2 Å². The van der Waals surface area contributed by atoms with Gasteiger partial charge < -0.3 is 10.0 Å². The molecule has 0 aromatic heterocycles. The number of likely N-dealkylation sites (tertiary alicyclic amines) is 1. The molecule has 1 fully saturated rings. The van der Waals surface area contributed by atoms with Crippen LogP contribution in [0.2, 0.25) is 0 Å². The van der Waals surface area contributed by atoms with Gasteiger partial charge in [0, 0.05) is 25.2 Å². The standard InChI is InChI=1S/C19H22N2O5/c1-2-3-8-21-17(23)14-5-4-13(11-15(14)18(21)24)16(22)20-9-6-12(7-10-20)19(25)26/h4-5,11-12H,2-3,6-10H2,1H3,(H,25,26). The molecule has 2 aliphatic rings. The van der Waals surface area contributed by atoms with E-state index in [1.54, 1.807) is 17.0 Å². The van der Waals surface area contributed by atoms with Crippen molar-refractivity contribution >= 4 is 23.7 Å². The summed E-state index contributed by atoms with van der Waals surface area (Å²) in [5, 5.41) is 9.05. The second-order valence-corrected chi connectivity index (χ2v) is 6.78. The first-order valence-corrected chi connectivity index (χ1v) is 8.96. The maximum absolute atomic E-state index is 12.7. The van der Waals surface area contributed by atoms with Crippen LogP contribution < -0.4 is 0 Å². The third kappa shape index (κ3) is 3.21. The van der Waals surface area contributed by atoms with E-state index in [2.05, 4.69) is 0 Å². The number of fused-ring (bicyclic) bond motifs is 1. The van der Waals surface area contributed by atoms with Crippen LogP contribution in [0.5, 0.6) is 0 Å². The van der Waals surface area contributed by atoms with Crippen molar-refractivity contribution in [2.45, 2.75) is 32.6 Å². The summed E-state index contributed by atoms with van der Waals surface area (Å²) >= 11 is 0. The van der Waals surface area contributed by atoms with E-state index in [4.69, 9.17) is 5.11 Å². The van der Waals surface area contributed by atoms with Crippen molar-refractivity contribution in [3.63, 3.8) is 0 Å². The summed E-state index contributed by atoms with van der Waals surface area (Å²) in [5.41, 5.74) is 0.973. The molecule has 0 spiro atoms. The second kappa shape index (κ2) is 7.27. The van der Waals surface area contributed by atoms with Crippen molar-refractivity contribution in [3.8, 4) is 0 Å². The number of piperidine rings is 1. The lowest BCUT2D eigenvalue weighted by atomic mass is 9.96. The summed E-state index contributed by atoms with van der Waals surface area (Å²) in [6.07, 6.45) is 2.47. The molecule has 26 heavy (non-hydrogen) atoms. The number of carboxylic acids is 1. The molecule has 2 aliphatic heterocycles. The maximum atomic E-state index is 12.7. The van der Waals surface area contributed by atoms with E-state index >= 15 is 0 Å². The molecule has 0 aliphatic carbocycles. The van der Waals surface area contributed by atoms with Gasteiger partial charge in [-0.1, -0.05) is 13.3 Å². The van der Waals surface area contributed by atoms with Gasteiger partial charge in [0.25, 0.3) is 17.7 Å². The third-order valence-corrected chi connectivity index (χ3v) is 5.08. The van der Waals surface area contributed by atoms with Gasteiger partial charge in [0.1, 0.15) is 0 Å². The average molecular weight is 358 g/mol. The molecule has 1 aromatic carbocycles. The lowest BCUT2D eigenvalue weighted by molar-refractivity contribution is -0.143.